The zero-order valence-corrected chi connectivity index (χ0v) is 19.1. The minimum Gasteiger partial charge on any atom is -0.478 e. The van der Waals surface area contributed by atoms with Crippen LogP contribution in [0.2, 0.25) is 0 Å². The van der Waals surface area contributed by atoms with Gasteiger partial charge >= 0.3 is 5.97 Å². The molecule has 0 aliphatic rings. The van der Waals surface area contributed by atoms with E-state index in [9.17, 15) is 14.7 Å². The zero-order valence-electron chi connectivity index (χ0n) is 19.1. The highest BCUT2D eigenvalue weighted by Gasteiger charge is 2.27. The number of hydrogen-bond donors (Lipinski definition) is 2. The number of carbonyl (C=O) groups excluding carboxylic acids is 1. The van der Waals surface area contributed by atoms with Gasteiger partial charge in [0.25, 0.3) is 0 Å². The van der Waals surface area contributed by atoms with Crippen LogP contribution in [0.15, 0.2) is 79.3 Å². The summed E-state index contributed by atoms with van der Waals surface area (Å²) in [7, 11) is 0. The lowest BCUT2D eigenvalue weighted by Gasteiger charge is -2.22. The average Bonchev–Trinajstić information content (AvgIpc) is 3.37. The predicted molar refractivity (Wildman–Crippen MR) is 134 cm³/mol. The standard InChI is InChI=1S/C27H21N5O3/c1-16-7-5-10-23(30-16)20-15-21(27(34)35)25(31-17(2)33)26(32-14-6-12-29-32)24(20)19-11-13-28-22-9-4-3-8-18(19)22/h3-15H,1-2H3,(H,31,33)(H,34,35). The highest BCUT2D eigenvalue weighted by Crippen LogP contribution is 2.44. The van der Waals surface area contributed by atoms with Gasteiger partial charge in [0.05, 0.1) is 28.1 Å². The summed E-state index contributed by atoms with van der Waals surface area (Å²) >= 11 is 0. The Hall–Kier alpha value is -4.85. The molecule has 3 aromatic heterocycles. The summed E-state index contributed by atoms with van der Waals surface area (Å²) in [5.74, 6) is -1.57. The molecule has 0 saturated heterocycles. The summed E-state index contributed by atoms with van der Waals surface area (Å²) in [5, 5.41) is 18.2. The Labute approximate surface area is 200 Å². The van der Waals surface area contributed by atoms with E-state index in [2.05, 4.69) is 15.4 Å². The van der Waals surface area contributed by atoms with Crippen LogP contribution in [0.3, 0.4) is 0 Å². The van der Waals surface area contributed by atoms with E-state index in [1.54, 1.807) is 35.4 Å². The molecule has 0 aliphatic carbocycles. The number of aryl methyl sites for hydroxylation is 1. The second kappa shape index (κ2) is 8.83. The van der Waals surface area contributed by atoms with E-state index >= 15 is 0 Å². The maximum Gasteiger partial charge on any atom is 0.337 e. The second-order valence-corrected chi connectivity index (χ2v) is 8.05. The number of aromatic nitrogens is 4. The van der Waals surface area contributed by atoms with Crippen molar-refractivity contribution in [3.8, 4) is 28.1 Å². The minimum absolute atomic E-state index is 0.0638. The third-order valence-corrected chi connectivity index (χ3v) is 5.65. The molecule has 0 saturated carbocycles. The number of carboxylic acids is 1. The molecule has 2 aromatic carbocycles. The molecule has 8 nitrogen and oxygen atoms in total. The second-order valence-electron chi connectivity index (χ2n) is 8.05. The van der Waals surface area contributed by atoms with Crippen molar-refractivity contribution in [2.75, 3.05) is 5.32 Å². The number of anilines is 1. The van der Waals surface area contributed by atoms with Gasteiger partial charge in [-0.1, -0.05) is 24.3 Å². The van der Waals surface area contributed by atoms with Gasteiger partial charge in [-0.15, -0.1) is 0 Å². The Morgan fingerprint density at radius 1 is 0.971 bits per heavy atom. The molecule has 0 atom stereocenters. The topological polar surface area (TPSA) is 110 Å². The zero-order chi connectivity index (χ0) is 24.5. The number of rotatable bonds is 5. The van der Waals surface area contributed by atoms with Crippen molar-refractivity contribution in [3.63, 3.8) is 0 Å². The molecular formula is C27H21N5O3. The fourth-order valence-corrected chi connectivity index (χ4v) is 4.25. The molecule has 0 spiro atoms. The molecule has 5 rings (SSSR count). The van der Waals surface area contributed by atoms with Gasteiger partial charge in [-0.05, 0) is 48.9 Å². The van der Waals surface area contributed by atoms with Crippen molar-refractivity contribution in [2.24, 2.45) is 0 Å². The van der Waals surface area contributed by atoms with Crippen molar-refractivity contribution in [3.05, 3.63) is 90.5 Å². The molecule has 0 aliphatic heterocycles. The number of amides is 1. The van der Waals surface area contributed by atoms with Crippen molar-refractivity contribution < 1.29 is 14.7 Å². The third-order valence-electron chi connectivity index (χ3n) is 5.65. The lowest BCUT2D eigenvalue weighted by molar-refractivity contribution is -0.114. The smallest absolute Gasteiger partial charge is 0.337 e. The number of nitrogens with zero attached hydrogens (tertiary/aromatic N) is 4. The predicted octanol–water partition coefficient (Wildman–Crippen LogP) is 5.11. The number of hydrogen-bond acceptors (Lipinski definition) is 5. The first-order valence-corrected chi connectivity index (χ1v) is 10.9. The van der Waals surface area contributed by atoms with Crippen molar-refractivity contribution in [1.82, 2.24) is 19.7 Å². The van der Waals surface area contributed by atoms with E-state index in [0.29, 0.717) is 22.5 Å². The van der Waals surface area contributed by atoms with Crippen molar-refractivity contribution in [1.29, 1.82) is 0 Å². The number of nitrogens with one attached hydrogen (secondary N) is 1. The molecule has 172 valence electrons. The molecule has 0 fully saturated rings. The number of para-hydroxylation sites is 1. The summed E-state index contributed by atoms with van der Waals surface area (Å²) in [6.07, 6.45) is 5.03. The van der Waals surface area contributed by atoms with Gasteiger partial charge in [-0.3, -0.25) is 14.8 Å². The Kier molecular flexibility index (Phi) is 5.54. The molecular weight excluding hydrogens is 442 g/mol. The van der Waals surface area contributed by atoms with Crippen LogP contribution in [-0.2, 0) is 4.79 Å². The van der Waals surface area contributed by atoms with Gasteiger partial charge in [-0.25, -0.2) is 9.48 Å². The van der Waals surface area contributed by atoms with Gasteiger partial charge in [0.2, 0.25) is 5.91 Å². The highest BCUT2D eigenvalue weighted by atomic mass is 16.4. The van der Waals surface area contributed by atoms with Gasteiger partial charge < -0.3 is 10.4 Å². The number of benzene rings is 2. The van der Waals surface area contributed by atoms with E-state index in [1.807, 2.05) is 55.5 Å². The maximum atomic E-state index is 12.4. The van der Waals surface area contributed by atoms with Crippen molar-refractivity contribution in [2.45, 2.75) is 13.8 Å². The first kappa shape index (κ1) is 22.0. The molecule has 0 radical (unpaired) electrons. The Morgan fingerprint density at radius 2 is 1.80 bits per heavy atom. The van der Waals surface area contributed by atoms with Crippen LogP contribution in [0.4, 0.5) is 5.69 Å². The van der Waals surface area contributed by atoms with Gasteiger partial charge in [0.1, 0.15) is 0 Å². The molecule has 5 aromatic rings. The summed E-state index contributed by atoms with van der Waals surface area (Å²) in [4.78, 5) is 33.8. The number of aromatic carboxylic acids is 1. The minimum atomic E-state index is -1.18. The Bertz CT molecular complexity index is 1590. The number of pyridine rings is 2. The molecule has 1 amide bonds. The number of carboxylic acid groups (broad SMARTS) is 1. The molecule has 3 heterocycles. The van der Waals surface area contributed by atoms with Crippen LogP contribution >= 0.6 is 0 Å². The highest BCUT2D eigenvalue weighted by molar-refractivity contribution is 6.10. The molecule has 8 heteroatoms. The largest absolute Gasteiger partial charge is 0.478 e. The lowest BCUT2D eigenvalue weighted by Crippen LogP contribution is -2.16. The average molecular weight is 463 g/mol. The normalized spacial score (nSPS) is 10.9. The van der Waals surface area contributed by atoms with Crippen LogP contribution in [0.5, 0.6) is 0 Å². The van der Waals surface area contributed by atoms with E-state index < -0.39 is 11.9 Å². The summed E-state index contributed by atoms with van der Waals surface area (Å²) < 4.78 is 1.57. The van der Waals surface area contributed by atoms with Crippen LogP contribution in [0, 0.1) is 6.92 Å². The van der Waals surface area contributed by atoms with Gasteiger partial charge in [0, 0.05) is 47.7 Å². The maximum absolute atomic E-state index is 12.4. The van der Waals surface area contributed by atoms with E-state index in [4.69, 9.17) is 4.98 Å². The monoisotopic (exact) mass is 463 g/mol. The van der Waals surface area contributed by atoms with E-state index in [-0.39, 0.29) is 11.3 Å². The summed E-state index contributed by atoms with van der Waals surface area (Å²) in [6, 6.07) is 18.5. The molecule has 35 heavy (non-hydrogen) atoms. The van der Waals surface area contributed by atoms with E-state index in [1.165, 1.54) is 6.92 Å². The van der Waals surface area contributed by atoms with Gasteiger partial charge in [-0.2, -0.15) is 5.10 Å². The fraction of sp³-hybridized carbons (Fsp3) is 0.0741. The first-order chi connectivity index (χ1) is 16.9. The van der Waals surface area contributed by atoms with Crippen LogP contribution in [0.25, 0.3) is 39.0 Å². The quantitative estimate of drug-likeness (QED) is 0.375. The lowest BCUT2D eigenvalue weighted by atomic mass is 9.89. The van der Waals surface area contributed by atoms with Crippen LogP contribution in [0.1, 0.15) is 23.0 Å². The first-order valence-electron chi connectivity index (χ1n) is 10.9. The fourth-order valence-electron chi connectivity index (χ4n) is 4.25. The third kappa shape index (κ3) is 4.02. The van der Waals surface area contributed by atoms with Crippen LogP contribution in [-0.4, -0.2) is 36.7 Å². The number of fused-ring (bicyclic) bond motifs is 1. The Balaban J connectivity index is 2.02. The molecule has 0 bridgehead atoms. The number of carbonyl (C=O) groups is 2. The molecule has 2 N–H and O–H groups in total. The van der Waals surface area contributed by atoms with Crippen molar-refractivity contribution >= 4 is 28.5 Å². The summed E-state index contributed by atoms with van der Waals surface area (Å²) in [6.45, 7) is 3.22. The summed E-state index contributed by atoms with van der Waals surface area (Å²) in [5.41, 5.74) is 4.78. The SMILES string of the molecule is CC(=O)Nc1c(C(=O)O)cc(-c2cccc(C)n2)c(-c2ccnc3ccccc23)c1-n1cccn1. The Morgan fingerprint density at radius 3 is 2.51 bits per heavy atom. The van der Waals surface area contributed by atoms with E-state index in [0.717, 1.165) is 22.2 Å². The van der Waals surface area contributed by atoms with Gasteiger partial charge in [0.15, 0.2) is 0 Å². The van der Waals surface area contributed by atoms with Crippen LogP contribution < -0.4 is 5.32 Å². The molecule has 0 unspecified atom stereocenters.